The number of alkyl carbamates (subject to hydrolysis) is 1. The summed E-state index contributed by atoms with van der Waals surface area (Å²) in [6.45, 7) is 9.76. The maximum absolute atomic E-state index is 13.1. The summed E-state index contributed by atoms with van der Waals surface area (Å²) in [6.07, 6.45) is 7.05. The van der Waals surface area contributed by atoms with Gasteiger partial charge in [-0.1, -0.05) is 6.07 Å². The molecule has 236 valence electrons. The number of likely N-dealkylation sites (tertiary alicyclic amines) is 1. The third-order valence-electron chi connectivity index (χ3n) is 9.13. The van der Waals surface area contributed by atoms with Crippen molar-refractivity contribution in [1.29, 1.82) is 0 Å². The predicted molar refractivity (Wildman–Crippen MR) is 163 cm³/mol. The van der Waals surface area contributed by atoms with Crippen molar-refractivity contribution in [3.05, 3.63) is 34.2 Å². The Bertz CT molecular complexity index is 1380. The summed E-state index contributed by atoms with van der Waals surface area (Å²) in [6, 6.07) is 5.53. The summed E-state index contributed by atoms with van der Waals surface area (Å²) in [5, 5.41) is 5.13. The number of aromatic nitrogens is 2. The highest BCUT2D eigenvalue weighted by Crippen LogP contribution is 2.33. The van der Waals surface area contributed by atoms with Gasteiger partial charge >= 0.3 is 11.8 Å². The van der Waals surface area contributed by atoms with E-state index < -0.39 is 23.6 Å². The first kappa shape index (κ1) is 31.3. The molecule has 2 N–H and O–H groups in total. The fourth-order valence-electron chi connectivity index (χ4n) is 6.85. The molecule has 1 aromatic heterocycles. The normalized spacial score (nSPS) is 24.2. The van der Waals surface area contributed by atoms with Crippen molar-refractivity contribution in [1.82, 2.24) is 24.7 Å². The molecule has 2 saturated heterocycles. The molecule has 2 aliphatic heterocycles. The molecule has 1 saturated carbocycles. The molecule has 1 aliphatic carbocycles. The fourth-order valence-corrected chi connectivity index (χ4v) is 6.85. The lowest BCUT2D eigenvalue weighted by Crippen LogP contribution is -2.44. The van der Waals surface area contributed by atoms with Gasteiger partial charge in [-0.2, -0.15) is 0 Å². The first-order valence-corrected chi connectivity index (χ1v) is 15.8. The lowest BCUT2D eigenvalue weighted by atomic mass is 9.85. The van der Waals surface area contributed by atoms with Gasteiger partial charge in [-0.3, -0.25) is 24.0 Å². The smallest absolute Gasteiger partial charge is 0.407 e. The Morgan fingerprint density at radius 1 is 1.00 bits per heavy atom. The van der Waals surface area contributed by atoms with Crippen LogP contribution in [0.5, 0.6) is 0 Å². The van der Waals surface area contributed by atoms with Gasteiger partial charge in [-0.05, 0) is 108 Å². The van der Waals surface area contributed by atoms with Crippen molar-refractivity contribution in [2.45, 2.75) is 95.8 Å². The van der Waals surface area contributed by atoms with E-state index in [0.717, 1.165) is 56.4 Å². The van der Waals surface area contributed by atoms with Crippen LogP contribution in [0.4, 0.5) is 4.79 Å². The van der Waals surface area contributed by atoms with Crippen molar-refractivity contribution in [3.8, 4) is 0 Å². The van der Waals surface area contributed by atoms with Gasteiger partial charge in [0.15, 0.2) is 0 Å². The average Bonchev–Trinajstić information content (AvgIpc) is 3.20. The predicted octanol–water partition coefficient (Wildman–Crippen LogP) is 3.60. The number of carbonyl (C=O) groups excluding carboxylic acids is 3. The molecule has 1 atom stereocenters. The van der Waals surface area contributed by atoms with E-state index in [-0.39, 0.29) is 24.1 Å². The molecule has 1 aromatic carbocycles. The number of rotatable bonds is 8. The van der Waals surface area contributed by atoms with Crippen LogP contribution in [0, 0.1) is 5.92 Å². The second kappa shape index (κ2) is 13.2. The second-order valence-corrected chi connectivity index (χ2v) is 13.4. The minimum atomic E-state index is -0.661. The van der Waals surface area contributed by atoms with Gasteiger partial charge in [-0.25, -0.2) is 9.59 Å². The highest BCUT2D eigenvalue weighted by Gasteiger charge is 2.32. The number of hydrogen-bond acceptors (Lipinski definition) is 7. The number of nitrogens with zero attached hydrogens (tertiary/aromatic N) is 3. The number of aryl methyl sites for hydroxylation is 1. The number of nitrogens with one attached hydrogen (secondary N) is 2. The third-order valence-corrected chi connectivity index (χ3v) is 9.13. The maximum Gasteiger partial charge on any atom is 0.407 e. The molecule has 43 heavy (non-hydrogen) atoms. The maximum atomic E-state index is 13.1. The quantitative estimate of drug-likeness (QED) is 0.352. The molecule has 0 bridgehead atoms. The Balaban J connectivity index is 1.07. The monoisotopic (exact) mass is 597 g/mol. The standard InChI is InChI=1S/C32H47N5O6/c1-32(2,3)43-30(40)33-15-18-42-24-8-5-21(6-9-24)20-36-16-13-22(14-17-36)23-7-10-25-27(19-23)35(4)31(41)37(25)26-11-12-28(38)34-29(26)39/h7,10,19,21-22,24,26H,5-6,8-9,11-18,20H2,1-4H3,(H,33,40)(H,34,38,39)/t21-,24-,26?. The molecule has 11 nitrogen and oxygen atoms in total. The van der Waals surface area contributed by atoms with E-state index >= 15 is 0 Å². The van der Waals surface area contributed by atoms with Crippen LogP contribution in [0.25, 0.3) is 11.0 Å². The Labute approximate surface area is 253 Å². The van der Waals surface area contributed by atoms with Crippen LogP contribution in [0.15, 0.2) is 23.0 Å². The summed E-state index contributed by atoms with van der Waals surface area (Å²) in [4.78, 5) is 51.6. The van der Waals surface area contributed by atoms with E-state index in [1.807, 2.05) is 26.8 Å². The van der Waals surface area contributed by atoms with E-state index in [1.54, 1.807) is 16.2 Å². The molecule has 11 heteroatoms. The summed E-state index contributed by atoms with van der Waals surface area (Å²) in [5.74, 6) is 0.435. The van der Waals surface area contributed by atoms with Crippen LogP contribution < -0.4 is 16.3 Å². The number of piperidine rings is 2. The van der Waals surface area contributed by atoms with Crippen LogP contribution in [0.1, 0.15) is 89.7 Å². The number of imide groups is 1. The van der Waals surface area contributed by atoms with Crippen LogP contribution in [0.2, 0.25) is 0 Å². The number of ether oxygens (including phenoxy) is 2. The van der Waals surface area contributed by atoms with Crippen LogP contribution in [-0.2, 0) is 26.1 Å². The molecule has 5 rings (SSSR count). The topological polar surface area (TPSA) is 124 Å². The highest BCUT2D eigenvalue weighted by atomic mass is 16.6. The molecule has 3 fully saturated rings. The van der Waals surface area contributed by atoms with E-state index in [4.69, 9.17) is 9.47 Å². The minimum absolute atomic E-state index is 0.228. The molecule has 1 unspecified atom stereocenters. The zero-order chi connectivity index (χ0) is 30.7. The lowest BCUT2D eigenvalue weighted by molar-refractivity contribution is -0.135. The van der Waals surface area contributed by atoms with Gasteiger partial charge in [0.25, 0.3) is 0 Å². The largest absolute Gasteiger partial charge is 0.444 e. The average molecular weight is 598 g/mol. The molecule has 2 aromatic rings. The summed E-state index contributed by atoms with van der Waals surface area (Å²) in [7, 11) is 1.75. The van der Waals surface area contributed by atoms with Crippen molar-refractivity contribution in [2.75, 3.05) is 32.8 Å². The van der Waals surface area contributed by atoms with Gasteiger partial charge in [0.1, 0.15) is 11.6 Å². The number of carbonyl (C=O) groups is 3. The number of benzene rings is 1. The number of amides is 3. The number of fused-ring (bicyclic) bond motifs is 1. The molecule has 0 radical (unpaired) electrons. The van der Waals surface area contributed by atoms with Crippen molar-refractivity contribution in [3.63, 3.8) is 0 Å². The van der Waals surface area contributed by atoms with Crippen LogP contribution >= 0.6 is 0 Å². The first-order chi connectivity index (χ1) is 20.5. The number of hydrogen-bond donors (Lipinski definition) is 2. The minimum Gasteiger partial charge on any atom is -0.444 e. The summed E-state index contributed by atoms with van der Waals surface area (Å²) in [5.41, 5.74) is 2.08. The molecule has 3 heterocycles. The van der Waals surface area contributed by atoms with Gasteiger partial charge in [0.05, 0.1) is 23.7 Å². The molecular weight excluding hydrogens is 550 g/mol. The summed E-state index contributed by atoms with van der Waals surface area (Å²) >= 11 is 0. The van der Waals surface area contributed by atoms with Crippen molar-refractivity contribution < 1.29 is 23.9 Å². The first-order valence-electron chi connectivity index (χ1n) is 15.8. The van der Waals surface area contributed by atoms with Crippen LogP contribution in [0.3, 0.4) is 0 Å². The SMILES string of the molecule is Cn1c(=O)n(C2CCC(=O)NC2=O)c2ccc(C3CCN(C[C@H]4CC[C@H](OCCNC(=O)OC(C)(C)C)CC4)CC3)cc21. The van der Waals surface area contributed by atoms with Crippen LogP contribution in [-0.4, -0.2) is 76.4 Å². The molecular formula is C32H47N5O6. The Kier molecular flexibility index (Phi) is 9.60. The van der Waals surface area contributed by atoms with Crippen molar-refractivity contribution >= 4 is 28.9 Å². The fraction of sp³-hybridized carbons (Fsp3) is 0.688. The summed E-state index contributed by atoms with van der Waals surface area (Å²) < 4.78 is 14.4. The van der Waals surface area contributed by atoms with E-state index in [1.165, 1.54) is 18.4 Å². The Hall–Kier alpha value is -3.18. The third kappa shape index (κ3) is 7.67. The molecule has 3 amide bonds. The highest BCUT2D eigenvalue weighted by molar-refractivity contribution is 6.00. The van der Waals surface area contributed by atoms with E-state index in [0.29, 0.717) is 31.4 Å². The number of imidazole rings is 1. The van der Waals surface area contributed by atoms with Gasteiger partial charge in [0.2, 0.25) is 11.8 Å². The van der Waals surface area contributed by atoms with Crippen molar-refractivity contribution in [2.24, 2.45) is 13.0 Å². The second-order valence-electron chi connectivity index (χ2n) is 13.4. The Morgan fingerprint density at radius 2 is 1.72 bits per heavy atom. The van der Waals surface area contributed by atoms with Gasteiger partial charge < -0.3 is 19.7 Å². The Morgan fingerprint density at radius 3 is 2.40 bits per heavy atom. The lowest BCUT2D eigenvalue weighted by Gasteiger charge is -2.36. The zero-order valence-electron chi connectivity index (χ0n) is 26.0. The van der Waals surface area contributed by atoms with Gasteiger partial charge in [0, 0.05) is 26.6 Å². The molecule has 3 aliphatic rings. The molecule has 0 spiro atoms. The van der Waals surface area contributed by atoms with E-state index in [2.05, 4.69) is 27.7 Å². The van der Waals surface area contributed by atoms with Gasteiger partial charge in [-0.15, -0.1) is 0 Å². The zero-order valence-corrected chi connectivity index (χ0v) is 26.0. The van der Waals surface area contributed by atoms with E-state index in [9.17, 15) is 19.2 Å².